The van der Waals surface area contributed by atoms with E-state index in [1.54, 1.807) is 40.5 Å². The summed E-state index contributed by atoms with van der Waals surface area (Å²) in [5, 5.41) is 2.64. The van der Waals surface area contributed by atoms with E-state index in [0.29, 0.717) is 29.1 Å². The molecule has 1 aromatic heterocycles. The third-order valence-electron chi connectivity index (χ3n) is 3.59. The molecule has 3 heterocycles. The predicted octanol–water partition coefficient (Wildman–Crippen LogP) is 3.59. The maximum absolute atomic E-state index is 13.9. The molecule has 116 valence electrons. The average Bonchev–Trinajstić information content (AvgIpc) is 3.17. The first-order chi connectivity index (χ1) is 11.2. The molecule has 0 bridgehead atoms. The van der Waals surface area contributed by atoms with Crippen molar-refractivity contribution in [1.29, 1.82) is 0 Å². The second-order valence-corrected chi connectivity index (χ2v) is 6.97. The molecule has 0 N–H and O–H groups in total. The molecule has 23 heavy (non-hydrogen) atoms. The number of halogens is 1. The Morgan fingerprint density at radius 3 is 2.87 bits per heavy atom. The van der Waals surface area contributed by atoms with Gasteiger partial charge in [-0.2, -0.15) is 0 Å². The lowest BCUT2D eigenvalue weighted by Gasteiger charge is -2.34. The second kappa shape index (κ2) is 5.82. The number of anilines is 1. The van der Waals surface area contributed by atoms with Crippen molar-refractivity contribution < 1.29 is 9.18 Å². The number of carbonyl (C=O) groups is 1. The van der Waals surface area contributed by atoms with Gasteiger partial charge in [-0.15, -0.1) is 11.3 Å². The zero-order chi connectivity index (χ0) is 15.8. The first kappa shape index (κ1) is 14.5. The number of nitrogens with zero attached hydrogens (tertiary/aromatic N) is 3. The van der Waals surface area contributed by atoms with Gasteiger partial charge in [-0.3, -0.25) is 9.69 Å². The van der Waals surface area contributed by atoms with Crippen LogP contribution in [0.5, 0.6) is 0 Å². The van der Waals surface area contributed by atoms with Crippen LogP contribution in [0.25, 0.3) is 6.08 Å². The monoisotopic (exact) mass is 345 g/mol. The van der Waals surface area contributed by atoms with E-state index in [0.717, 1.165) is 4.88 Å². The lowest BCUT2D eigenvalue weighted by Crippen LogP contribution is -2.46. The molecular weight excluding hydrogens is 333 g/mol. The first-order valence-electron chi connectivity index (χ1n) is 7.00. The van der Waals surface area contributed by atoms with Crippen molar-refractivity contribution in [2.45, 2.75) is 0 Å². The number of thioether (sulfide) groups is 1. The van der Waals surface area contributed by atoms with Crippen LogP contribution in [-0.4, -0.2) is 28.5 Å². The van der Waals surface area contributed by atoms with Crippen LogP contribution in [0.2, 0.25) is 0 Å². The van der Waals surface area contributed by atoms with Gasteiger partial charge in [-0.05, 0) is 29.7 Å². The van der Waals surface area contributed by atoms with Crippen LogP contribution >= 0.6 is 23.1 Å². The number of carbonyl (C=O) groups excluding carboxylic acids is 1. The van der Waals surface area contributed by atoms with Crippen LogP contribution in [-0.2, 0) is 4.79 Å². The largest absolute Gasteiger partial charge is 0.341 e. The maximum atomic E-state index is 13.9. The highest BCUT2D eigenvalue weighted by molar-refractivity contribution is 8.14. The Morgan fingerprint density at radius 2 is 2.09 bits per heavy atom. The van der Waals surface area contributed by atoms with Gasteiger partial charge in [0.25, 0.3) is 5.91 Å². The van der Waals surface area contributed by atoms with E-state index in [2.05, 4.69) is 4.99 Å². The van der Waals surface area contributed by atoms with Gasteiger partial charge < -0.3 is 4.90 Å². The normalized spacial score (nSPS) is 19.3. The third kappa shape index (κ3) is 2.66. The molecule has 1 saturated heterocycles. The summed E-state index contributed by atoms with van der Waals surface area (Å²) in [7, 11) is 0. The molecule has 2 aliphatic rings. The molecular formula is C16H12FN3OS2. The highest BCUT2D eigenvalue weighted by Gasteiger charge is 2.35. The van der Waals surface area contributed by atoms with Gasteiger partial charge in [0.1, 0.15) is 18.2 Å². The Morgan fingerprint density at radius 1 is 1.22 bits per heavy atom. The van der Waals surface area contributed by atoms with Crippen molar-refractivity contribution in [3.05, 3.63) is 58.2 Å². The molecule has 0 atom stereocenters. The minimum absolute atomic E-state index is 0.137. The number of para-hydroxylation sites is 1. The fourth-order valence-electron chi connectivity index (χ4n) is 2.47. The van der Waals surface area contributed by atoms with Crippen LogP contribution in [0.3, 0.4) is 0 Å². The molecule has 1 aromatic carbocycles. The van der Waals surface area contributed by atoms with Crippen LogP contribution in [0, 0.1) is 5.82 Å². The van der Waals surface area contributed by atoms with Crippen molar-refractivity contribution in [2.75, 3.05) is 17.4 Å². The van der Waals surface area contributed by atoms with E-state index in [-0.39, 0.29) is 11.7 Å². The fourth-order valence-corrected chi connectivity index (χ4v) is 4.08. The lowest BCUT2D eigenvalue weighted by atomic mass is 10.3. The topological polar surface area (TPSA) is 35.9 Å². The van der Waals surface area contributed by atoms with Crippen LogP contribution in [0.15, 0.2) is 52.5 Å². The quantitative estimate of drug-likeness (QED) is 0.781. The fraction of sp³-hybridized carbons (Fsp3) is 0.125. The summed E-state index contributed by atoms with van der Waals surface area (Å²) in [6.45, 7) is 0.313. The van der Waals surface area contributed by atoms with E-state index < -0.39 is 0 Å². The van der Waals surface area contributed by atoms with Crippen molar-refractivity contribution in [1.82, 2.24) is 4.90 Å². The highest BCUT2D eigenvalue weighted by Crippen LogP contribution is 2.32. The van der Waals surface area contributed by atoms with Crippen LogP contribution < -0.4 is 4.90 Å². The Hall–Kier alpha value is -2.12. The number of amides is 1. The van der Waals surface area contributed by atoms with Crippen molar-refractivity contribution in [3.63, 3.8) is 0 Å². The second-order valence-electron chi connectivity index (χ2n) is 5.08. The molecule has 2 aromatic rings. The number of rotatable bonds is 2. The van der Waals surface area contributed by atoms with Crippen LogP contribution in [0.4, 0.5) is 10.1 Å². The van der Waals surface area contributed by atoms with E-state index in [1.165, 1.54) is 17.8 Å². The first-order valence-corrected chi connectivity index (χ1v) is 8.87. The van der Waals surface area contributed by atoms with Gasteiger partial charge in [0.15, 0.2) is 5.17 Å². The van der Waals surface area contributed by atoms with Gasteiger partial charge in [0.2, 0.25) is 0 Å². The third-order valence-corrected chi connectivity index (χ3v) is 5.42. The van der Waals surface area contributed by atoms with Gasteiger partial charge in [0.05, 0.1) is 11.6 Å². The van der Waals surface area contributed by atoms with Crippen LogP contribution in [0.1, 0.15) is 4.88 Å². The summed E-state index contributed by atoms with van der Waals surface area (Å²) < 4.78 is 13.9. The summed E-state index contributed by atoms with van der Waals surface area (Å²) in [5.41, 5.74) is 0.938. The number of benzene rings is 1. The lowest BCUT2D eigenvalue weighted by molar-refractivity contribution is -0.122. The van der Waals surface area contributed by atoms with Gasteiger partial charge in [0, 0.05) is 4.88 Å². The molecule has 0 unspecified atom stereocenters. The molecule has 1 amide bonds. The maximum Gasteiger partial charge on any atom is 0.280 e. The predicted molar refractivity (Wildman–Crippen MR) is 92.8 cm³/mol. The smallest absolute Gasteiger partial charge is 0.280 e. The number of fused-ring (bicyclic) bond motifs is 1. The summed E-state index contributed by atoms with van der Waals surface area (Å²) >= 11 is 3.00. The Kier molecular flexibility index (Phi) is 3.66. The van der Waals surface area contributed by atoms with Gasteiger partial charge in [-0.25, -0.2) is 9.38 Å². The molecule has 1 fully saturated rings. The molecule has 0 spiro atoms. The zero-order valence-corrected chi connectivity index (χ0v) is 13.6. The number of thiophene rings is 1. The van der Waals surface area contributed by atoms with Crippen molar-refractivity contribution in [2.24, 2.45) is 4.99 Å². The van der Waals surface area contributed by atoms with E-state index in [4.69, 9.17) is 0 Å². The van der Waals surface area contributed by atoms with Crippen molar-refractivity contribution >= 4 is 45.9 Å². The van der Waals surface area contributed by atoms with E-state index in [9.17, 15) is 9.18 Å². The standard InChI is InChI=1S/C16H12FN3OS2/c17-12-5-1-2-6-14(12)19-9-20-15(21)13(18-16(20)23-10-19)8-11-4-3-7-22-11/h1-8H,9-10H2. The average molecular weight is 345 g/mol. The Labute approximate surface area is 140 Å². The summed E-state index contributed by atoms with van der Waals surface area (Å²) in [6.07, 6.45) is 1.80. The number of hydrogen-bond donors (Lipinski definition) is 0. The molecule has 7 heteroatoms. The molecule has 4 nitrogen and oxygen atoms in total. The van der Waals surface area contributed by atoms with Crippen molar-refractivity contribution in [3.8, 4) is 0 Å². The Bertz CT molecular complexity index is 816. The molecule has 0 saturated carbocycles. The summed E-state index contributed by atoms with van der Waals surface area (Å²) in [5.74, 6) is 0.145. The minimum Gasteiger partial charge on any atom is -0.341 e. The number of hydrogen-bond acceptors (Lipinski definition) is 5. The molecule has 4 rings (SSSR count). The number of amidine groups is 1. The summed E-state index contributed by atoms with van der Waals surface area (Å²) in [4.78, 5) is 21.4. The summed E-state index contributed by atoms with van der Waals surface area (Å²) in [6, 6.07) is 10.5. The molecule has 2 aliphatic heterocycles. The molecule has 0 radical (unpaired) electrons. The van der Waals surface area contributed by atoms with E-state index >= 15 is 0 Å². The number of aliphatic imine (C=N–C) groups is 1. The van der Waals surface area contributed by atoms with Gasteiger partial charge in [-0.1, -0.05) is 30.0 Å². The molecule has 0 aliphatic carbocycles. The minimum atomic E-state index is -0.283. The SMILES string of the molecule is O=C1C(=Cc2cccs2)N=C2SCN(c3ccccc3F)CN12. The van der Waals surface area contributed by atoms with Gasteiger partial charge >= 0.3 is 0 Å². The zero-order valence-electron chi connectivity index (χ0n) is 12.0. The van der Waals surface area contributed by atoms with E-state index in [1.807, 2.05) is 22.4 Å². The Balaban J connectivity index is 1.59. The highest BCUT2D eigenvalue weighted by atomic mass is 32.2.